The Morgan fingerprint density at radius 2 is 1.83 bits per heavy atom. The lowest BCUT2D eigenvalue weighted by molar-refractivity contribution is -0.115. The van der Waals surface area contributed by atoms with E-state index in [1.54, 1.807) is 12.1 Å². The van der Waals surface area contributed by atoms with Crippen molar-refractivity contribution in [3.05, 3.63) is 58.1 Å². The van der Waals surface area contributed by atoms with E-state index in [1.807, 2.05) is 45.0 Å². The van der Waals surface area contributed by atoms with Gasteiger partial charge in [0, 0.05) is 16.4 Å². The van der Waals surface area contributed by atoms with Crippen molar-refractivity contribution in [1.29, 1.82) is 0 Å². The van der Waals surface area contributed by atoms with Crippen molar-refractivity contribution in [2.24, 2.45) is 0 Å². The molecule has 4 nitrogen and oxygen atoms in total. The standard InChI is InChI=1S/C18H20ClN3OS/c1-11-7-8-12(2)16(9-11)22-18(24)20-10-17(23)21-15-6-4-5-14(19)13(15)3/h4-9H,10H2,1-3H3,(H,21,23)(H2,20,22,24). The van der Waals surface area contributed by atoms with Crippen LogP contribution in [-0.4, -0.2) is 17.6 Å². The lowest BCUT2D eigenvalue weighted by atomic mass is 10.1. The first kappa shape index (κ1) is 18.2. The molecule has 6 heteroatoms. The first-order valence-electron chi connectivity index (χ1n) is 7.54. The summed E-state index contributed by atoms with van der Waals surface area (Å²) in [6.45, 7) is 5.95. The van der Waals surface area contributed by atoms with E-state index in [9.17, 15) is 4.79 Å². The fourth-order valence-electron chi connectivity index (χ4n) is 2.13. The average Bonchev–Trinajstić information content (AvgIpc) is 2.53. The second-order valence-corrected chi connectivity index (χ2v) is 6.40. The van der Waals surface area contributed by atoms with E-state index in [0.29, 0.717) is 15.8 Å². The Balaban J connectivity index is 1.88. The molecular weight excluding hydrogens is 342 g/mol. The molecule has 24 heavy (non-hydrogen) atoms. The van der Waals surface area contributed by atoms with E-state index >= 15 is 0 Å². The molecule has 1 amide bonds. The molecule has 0 heterocycles. The zero-order valence-corrected chi connectivity index (χ0v) is 15.4. The first-order chi connectivity index (χ1) is 11.4. The maximum absolute atomic E-state index is 12.0. The third kappa shape index (κ3) is 4.94. The Morgan fingerprint density at radius 3 is 2.58 bits per heavy atom. The summed E-state index contributed by atoms with van der Waals surface area (Å²) in [5, 5.41) is 9.86. The minimum absolute atomic E-state index is 0.0721. The molecule has 2 aromatic rings. The minimum atomic E-state index is -0.189. The quantitative estimate of drug-likeness (QED) is 0.715. The molecule has 0 spiro atoms. The summed E-state index contributed by atoms with van der Waals surface area (Å²) in [6.07, 6.45) is 0. The highest BCUT2D eigenvalue weighted by Crippen LogP contribution is 2.22. The summed E-state index contributed by atoms with van der Waals surface area (Å²) in [4.78, 5) is 12.0. The lowest BCUT2D eigenvalue weighted by Crippen LogP contribution is -2.35. The number of carbonyl (C=O) groups excluding carboxylic acids is 1. The van der Waals surface area contributed by atoms with E-state index in [0.717, 1.165) is 22.4 Å². The molecule has 3 N–H and O–H groups in total. The van der Waals surface area contributed by atoms with Crippen molar-refractivity contribution < 1.29 is 4.79 Å². The first-order valence-corrected chi connectivity index (χ1v) is 8.32. The van der Waals surface area contributed by atoms with Gasteiger partial charge >= 0.3 is 0 Å². The summed E-state index contributed by atoms with van der Waals surface area (Å²) in [5.41, 5.74) is 4.69. The Hall–Kier alpha value is -2.11. The molecule has 0 saturated heterocycles. The van der Waals surface area contributed by atoms with Gasteiger partial charge in [0.2, 0.25) is 5.91 Å². The van der Waals surface area contributed by atoms with Crippen LogP contribution in [0.3, 0.4) is 0 Å². The Kier molecular flexibility index (Phi) is 6.17. The van der Waals surface area contributed by atoms with Crippen molar-refractivity contribution in [3.63, 3.8) is 0 Å². The zero-order valence-electron chi connectivity index (χ0n) is 13.9. The van der Waals surface area contributed by atoms with Gasteiger partial charge in [-0.2, -0.15) is 0 Å². The summed E-state index contributed by atoms with van der Waals surface area (Å²) in [7, 11) is 0. The van der Waals surface area contributed by atoms with Gasteiger partial charge in [0.25, 0.3) is 0 Å². The zero-order chi connectivity index (χ0) is 17.7. The number of amides is 1. The van der Waals surface area contributed by atoms with Crippen molar-refractivity contribution in [1.82, 2.24) is 5.32 Å². The predicted molar refractivity (Wildman–Crippen MR) is 105 cm³/mol. The summed E-state index contributed by atoms with van der Waals surface area (Å²) in [5.74, 6) is -0.189. The van der Waals surface area contributed by atoms with Crippen LogP contribution in [0.1, 0.15) is 16.7 Å². The number of rotatable bonds is 4. The van der Waals surface area contributed by atoms with Crippen LogP contribution in [0.4, 0.5) is 11.4 Å². The highest BCUT2D eigenvalue weighted by atomic mass is 35.5. The number of halogens is 1. The third-order valence-corrected chi connectivity index (χ3v) is 4.25. The minimum Gasteiger partial charge on any atom is -0.353 e. The maximum Gasteiger partial charge on any atom is 0.243 e. The molecule has 0 unspecified atom stereocenters. The van der Waals surface area contributed by atoms with Crippen LogP contribution in [0.25, 0.3) is 0 Å². The number of hydrogen-bond acceptors (Lipinski definition) is 2. The molecular formula is C18H20ClN3OS. The number of benzene rings is 2. The fourth-order valence-corrected chi connectivity index (χ4v) is 2.49. The van der Waals surface area contributed by atoms with Gasteiger partial charge in [0.15, 0.2) is 5.11 Å². The number of thiocarbonyl (C=S) groups is 1. The molecule has 2 aromatic carbocycles. The van der Waals surface area contributed by atoms with Gasteiger partial charge in [-0.1, -0.05) is 29.8 Å². The molecule has 0 bridgehead atoms. The van der Waals surface area contributed by atoms with Crippen LogP contribution in [0.5, 0.6) is 0 Å². The Labute approximate surface area is 152 Å². The summed E-state index contributed by atoms with van der Waals surface area (Å²) >= 11 is 11.3. The normalized spacial score (nSPS) is 10.2. The largest absolute Gasteiger partial charge is 0.353 e. The van der Waals surface area contributed by atoms with Crippen molar-refractivity contribution >= 4 is 46.2 Å². The predicted octanol–water partition coefficient (Wildman–Crippen LogP) is 4.19. The summed E-state index contributed by atoms with van der Waals surface area (Å²) in [6, 6.07) is 11.5. The molecule has 0 aliphatic rings. The fraction of sp³-hybridized carbons (Fsp3) is 0.222. The molecule has 0 radical (unpaired) electrons. The van der Waals surface area contributed by atoms with Gasteiger partial charge in [-0.15, -0.1) is 0 Å². The monoisotopic (exact) mass is 361 g/mol. The van der Waals surface area contributed by atoms with Crippen molar-refractivity contribution in [3.8, 4) is 0 Å². The topological polar surface area (TPSA) is 53.2 Å². The van der Waals surface area contributed by atoms with Gasteiger partial charge in [-0.3, -0.25) is 4.79 Å². The average molecular weight is 362 g/mol. The molecule has 126 valence electrons. The smallest absolute Gasteiger partial charge is 0.243 e. The van der Waals surface area contributed by atoms with Gasteiger partial charge in [0.1, 0.15) is 0 Å². The number of anilines is 2. The third-order valence-electron chi connectivity index (χ3n) is 3.59. The Morgan fingerprint density at radius 1 is 1.08 bits per heavy atom. The Bertz CT molecular complexity index is 761. The van der Waals surface area contributed by atoms with Crippen LogP contribution in [0.15, 0.2) is 36.4 Å². The van der Waals surface area contributed by atoms with Gasteiger partial charge < -0.3 is 16.0 Å². The molecule has 0 aromatic heterocycles. The molecule has 0 aliphatic heterocycles. The molecule has 0 saturated carbocycles. The van der Waals surface area contributed by atoms with Crippen LogP contribution in [0, 0.1) is 20.8 Å². The van der Waals surface area contributed by atoms with Crippen LogP contribution < -0.4 is 16.0 Å². The van der Waals surface area contributed by atoms with E-state index in [1.165, 1.54) is 0 Å². The molecule has 2 rings (SSSR count). The van der Waals surface area contributed by atoms with Crippen LogP contribution in [-0.2, 0) is 4.79 Å². The SMILES string of the molecule is Cc1ccc(C)c(NC(=S)NCC(=O)Nc2cccc(Cl)c2C)c1. The van der Waals surface area contributed by atoms with E-state index in [2.05, 4.69) is 16.0 Å². The van der Waals surface area contributed by atoms with Crippen LogP contribution >= 0.6 is 23.8 Å². The summed E-state index contributed by atoms with van der Waals surface area (Å²) < 4.78 is 0. The number of hydrogen-bond donors (Lipinski definition) is 3. The molecule has 0 atom stereocenters. The maximum atomic E-state index is 12.0. The van der Waals surface area contributed by atoms with Gasteiger partial charge in [-0.05, 0) is 67.9 Å². The second kappa shape index (κ2) is 8.13. The lowest BCUT2D eigenvalue weighted by Gasteiger charge is -2.14. The van der Waals surface area contributed by atoms with Crippen molar-refractivity contribution in [2.75, 3.05) is 17.2 Å². The number of aryl methyl sites for hydroxylation is 2. The van der Waals surface area contributed by atoms with Gasteiger partial charge in [-0.25, -0.2) is 0 Å². The second-order valence-electron chi connectivity index (χ2n) is 5.59. The number of nitrogens with one attached hydrogen (secondary N) is 3. The van der Waals surface area contributed by atoms with E-state index in [-0.39, 0.29) is 12.5 Å². The number of carbonyl (C=O) groups is 1. The molecule has 0 aliphatic carbocycles. The molecule has 0 fully saturated rings. The van der Waals surface area contributed by atoms with E-state index < -0.39 is 0 Å². The van der Waals surface area contributed by atoms with Gasteiger partial charge in [0.05, 0.1) is 6.54 Å². The van der Waals surface area contributed by atoms with Crippen LogP contribution in [0.2, 0.25) is 5.02 Å². The van der Waals surface area contributed by atoms with Crippen molar-refractivity contribution in [2.45, 2.75) is 20.8 Å². The van der Waals surface area contributed by atoms with E-state index in [4.69, 9.17) is 23.8 Å². The highest BCUT2D eigenvalue weighted by Gasteiger charge is 2.08. The highest BCUT2D eigenvalue weighted by molar-refractivity contribution is 7.80.